The highest BCUT2D eigenvalue weighted by Gasteiger charge is 2.14. The number of hydrogen-bond donors (Lipinski definition) is 1. The molecule has 0 heterocycles. The SMILES string of the molecule is CCCNC(COCC)c1cc(Cl)ccc1Br. The summed E-state index contributed by atoms with van der Waals surface area (Å²) in [6, 6.07) is 6.03. The van der Waals surface area contributed by atoms with Crippen LogP contribution in [0.25, 0.3) is 0 Å². The number of hydrogen-bond acceptors (Lipinski definition) is 2. The van der Waals surface area contributed by atoms with E-state index in [9.17, 15) is 0 Å². The van der Waals surface area contributed by atoms with Crippen molar-refractivity contribution in [3.8, 4) is 0 Å². The summed E-state index contributed by atoms with van der Waals surface area (Å²) >= 11 is 9.60. The molecule has 1 unspecified atom stereocenters. The number of nitrogens with one attached hydrogen (secondary N) is 1. The largest absolute Gasteiger partial charge is 0.380 e. The topological polar surface area (TPSA) is 21.3 Å². The molecule has 1 N–H and O–H groups in total. The lowest BCUT2D eigenvalue weighted by Crippen LogP contribution is -2.26. The minimum Gasteiger partial charge on any atom is -0.380 e. The van der Waals surface area contributed by atoms with Gasteiger partial charge >= 0.3 is 0 Å². The van der Waals surface area contributed by atoms with Crippen molar-refractivity contribution in [3.05, 3.63) is 33.3 Å². The Morgan fingerprint density at radius 3 is 2.82 bits per heavy atom. The zero-order valence-corrected chi connectivity index (χ0v) is 12.6. The standard InChI is InChI=1S/C13H19BrClNO/c1-3-7-16-13(9-17-4-2)11-8-10(15)5-6-12(11)14/h5-6,8,13,16H,3-4,7,9H2,1-2H3. The summed E-state index contributed by atoms with van der Waals surface area (Å²) in [6.07, 6.45) is 1.10. The van der Waals surface area contributed by atoms with Crippen LogP contribution in [0.3, 0.4) is 0 Å². The molecule has 0 aliphatic rings. The van der Waals surface area contributed by atoms with E-state index in [2.05, 4.69) is 28.2 Å². The van der Waals surface area contributed by atoms with E-state index in [-0.39, 0.29) is 6.04 Å². The highest BCUT2D eigenvalue weighted by molar-refractivity contribution is 9.10. The van der Waals surface area contributed by atoms with Crippen molar-refractivity contribution < 1.29 is 4.74 Å². The van der Waals surface area contributed by atoms with Gasteiger partial charge in [0, 0.05) is 16.1 Å². The molecule has 1 aromatic carbocycles. The molecule has 0 aliphatic carbocycles. The van der Waals surface area contributed by atoms with E-state index in [1.165, 1.54) is 0 Å². The van der Waals surface area contributed by atoms with Crippen LogP contribution in [-0.4, -0.2) is 19.8 Å². The summed E-state index contributed by atoms with van der Waals surface area (Å²) in [7, 11) is 0. The molecule has 96 valence electrons. The molecule has 0 bridgehead atoms. The van der Waals surface area contributed by atoms with E-state index in [4.69, 9.17) is 16.3 Å². The van der Waals surface area contributed by atoms with E-state index >= 15 is 0 Å². The van der Waals surface area contributed by atoms with Gasteiger partial charge < -0.3 is 10.1 Å². The van der Waals surface area contributed by atoms with Crippen LogP contribution in [0.4, 0.5) is 0 Å². The molecule has 1 atom stereocenters. The summed E-state index contributed by atoms with van der Waals surface area (Å²) in [4.78, 5) is 0. The molecule has 1 aromatic rings. The number of halogens is 2. The van der Waals surface area contributed by atoms with Crippen LogP contribution in [0.5, 0.6) is 0 Å². The average molecular weight is 321 g/mol. The first-order valence-corrected chi connectivity index (χ1v) is 7.12. The van der Waals surface area contributed by atoms with Crippen molar-refractivity contribution in [3.63, 3.8) is 0 Å². The first-order chi connectivity index (χ1) is 8.19. The zero-order chi connectivity index (χ0) is 12.7. The molecule has 0 aromatic heterocycles. The lowest BCUT2D eigenvalue weighted by molar-refractivity contribution is 0.123. The van der Waals surface area contributed by atoms with Gasteiger partial charge in [-0.3, -0.25) is 0 Å². The fraction of sp³-hybridized carbons (Fsp3) is 0.538. The van der Waals surface area contributed by atoms with E-state index < -0.39 is 0 Å². The summed E-state index contributed by atoms with van der Waals surface area (Å²) in [6.45, 7) is 6.51. The zero-order valence-electron chi connectivity index (χ0n) is 10.3. The number of rotatable bonds is 7. The van der Waals surface area contributed by atoms with Gasteiger partial charge in [0.2, 0.25) is 0 Å². The molecule has 0 amide bonds. The van der Waals surface area contributed by atoms with E-state index in [1.54, 1.807) is 0 Å². The van der Waals surface area contributed by atoms with Crippen molar-refractivity contribution in [2.45, 2.75) is 26.3 Å². The highest BCUT2D eigenvalue weighted by atomic mass is 79.9. The third-order valence-corrected chi connectivity index (χ3v) is 3.42. The van der Waals surface area contributed by atoms with Crippen LogP contribution in [0.1, 0.15) is 31.9 Å². The predicted molar refractivity (Wildman–Crippen MR) is 76.7 cm³/mol. The summed E-state index contributed by atoms with van der Waals surface area (Å²) in [5.41, 5.74) is 1.15. The van der Waals surface area contributed by atoms with Gasteiger partial charge in [-0.25, -0.2) is 0 Å². The molecule has 17 heavy (non-hydrogen) atoms. The smallest absolute Gasteiger partial charge is 0.0661 e. The van der Waals surface area contributed by atoms with E-state index in [0.29, 0.717) is 6.61 Å². The fourth-order valence-electron chi connectivity index (χ4n) is 1.59. The average Bonchev–Trinajstić information content (AvgIpc) is 2.33. The number of benzene rings is 1. The molecule has 0 aliphatic heterocycles. The van der Waals surface area contributed by atoms with Crippen LogP contribution < -0.4 is 5.32 Å². The molecule has 0 saturated heterocycles. The molecule has 4 heteroatoms. The Bertz CT molecular complexity index is 338. The molecule has 0 saturated carbocycles. The maximum absolute atomic E-state index is 6.04. The third kappa shape index (κ3) is 4.96. The Hall–Kier alpha value is -0.0900. The quantitative estimate of drug-likeness (QED) is 0.814. The molecule has 0 spiro atoms. The number of ether oxygens (including phenoxy) is 1. The Morgan fingerprint density at radius 2 is 2.18 bits per heavy atom. The first-order valence-electron chi connectivity index (χ1n) is 5.95. The van der Waals surface area contributed by atoms with Crippen molar-refractivity contribution in [1.82, 2.24) is 5.32 Å². The van der Waals surface area contributed by atoms with Crippen LogP contribution >= 0.6 is 27.5 Å². The molecule has 0 fully saturated rings. The molecule has 1 rings (SSSR count). The molecule has 0 radical (unpaired) electrons. The Balaban J connectivity index is 2.82. The van der Waals surface area contributed by atoms with Crippen LogP contribution in [0.15, 0.2) is 22.7 Å². The molecular formula is C13H19BrClNO. The van der Waals surface area contributed by atoms with Gasteiger partial charge in [-0.2, -0.15) is 0 Å². The fourth-order valence-corrected chi connectivity index (χ4v) is 2.30. The monoisotopic (exact) mass is 319 g/mol. The van der Waals surface area contributed by atoms with Gasteiger partial charge in [0.15, 0.2) is 0 Å². The van der Waals surface area contributed by atoms with Crippen LogP contribution in [0.2, 0.25) is 5.02 Å². The van der Waals surface area contributed by atoms with Gasteiger partial charge in [0.05, 0.1) is 12.6 Å². The van der Waals surface area contributed by atoms with Crippen molar-refractivity contribution in [1.29, 1.82) is 0 Å². The first kappa shape index (κ1) is 15.0. The second-order valence-electron chi connectivity index (χ2n) is 3.83. The Kier molecular flexibility index (Phi) is 7.12. The second-order valence-corrected chi connectivity index (χ2v) is 5.12. The summed E-state index contributed by atoms with van der Waals surface area (Å²) < 4.78 is 6.58. The summed E-state index contributed by atoms with van der Waals surface area (Å²) in [5, 5.41) is 4.23. The van der Waals surface area contributed by atoms with Gasteiger partial charge in [-0.05, 0) is 43.7 Å². The van der Waals surface area contributed by atoms with Crippen molar-refractivity contribution in [2.75, 3.05) is 19.8 Å². The predicted octanol–water partition coefficient (Wildman–Crippen LogP) is 4.18. The van der Waals surface area contributed by atoms with Crippen LogP contribution in [-0.2, 0) is 4.74 Å². The van der Waals surface area contributed by atoms with Gasteiger partial charge in [-0.15, -0.1) is 0 Å². The maximum atomic E-state index is 6.04. The van der Waals surface area contributed by atoms with E-state index in [1.807, 2.05) is 25.1 Å². The Morgan fingerprint density at radius 1 is 1.41 bits per heavy atom. The maximum Gasteiger partial charge on any atom is 0.0661 e. The van der Waals surface area contributed by atoms with Gasteiger partial charge in [0.25, 0.3) is 0 Å². The minimum absolute atomic E-state index is 0.183. The Labute approximate surface area is 117 Å². The van der Waals surface area contributed by atoms with Gasteiger partial charge in [0.1, 0.15) is 0 Å². The van der Waals surface area contributed by atoms with Crippen molar-refractivity contribution in [2.24, 2.45) is 0 Å². The third-order valence-electron chi connectivity index (χ3n) is 2.46. The minimum atomic E-state index is 0.183. The normalized spacial score (nSPS) is 12.7. The summed E-state index contributed by atoms with van der Waals surface area (Å²) in [5.74, 6) is 0. The molecular weight excluding hydrogens is 302 g/mol. The van der Waals surface area contributed by atoms with Gasteiger partial charge in [-0.1, -0.05) is 34.5 Å². The van der Waals surface area contributed by atoms with Crippen LogP contribution in [0, 0.1) is 0 Å². The second kappa shape index (κ2) is 8.09. The molecule has 2 nitrogen and oxygen atoms in total. The van der Waals surface area contributed by atoms with Crippen molar-refractivity contribution >= 4 is 27.5 Å². The van der Waals surface area contributed by atoms with E-state index in [0.717, 1.165) is 34.6 Å². The lowest BCUT2D eigenvalue weighted by Gasteiger charge is -2.20. The lowest BCUT2D eigenvalue weighted by atomic mass is 10.1. The highest BCUT2D eigenvalue weighted by Crippen LogP contribution is 2.27.